The molecule has 0 atom stereocenters. The summed E-state index contributed by atoms with van der Waals surface area (Å²) in [6.45, 7) is 7.58. The topological polar surface area (TPSA) is 50.8 Å². The van der Waals surface area contributed by atoms with Crippen LogP contribution in [0, 0.1) is 5.92 Å². The molecular formula is C18H26N2O3. The zero-order valence-electron chi connectivity index (χ0n) is 13.8. The van der Waals surface area contributed by atoms with Crippen molar-refractivity contribution in [2.45, 2.75) is 26.2 Å². The maximum Gasteiger partial charge on any atom is 0.251 e. The molecule has 1 saturated heterocycles. The maximum absolute atomic E-state index is 12.2. The van der Waals surface area contributed by atoms with Crippen molar-refractivity contribution >= 4 is 5.91 Å². The number of hydrogen-bond donors (Lipinski definition) is 1. The fourth-order valence-corrected chi connectivity index (χ4v) is 3.08. The quantitative estimate of drug-likeness (QED) is 0.847. The highest BCUT2D eigenvalue weighted by Gasteiger charge is 2.16. The molecule has 1 amide bonds. The lowest BCUT2D eigenvalue weighted by atomic mass is 9.99. The third kappa shape index (κ3) is 4.38. The third-order valence-corrected chi connectivity index (χ3v) is 4.62. The molecule has 23 heavy (non-hydrogen) atoms. The van der Waals surface area contributed by atoms with Gasteiger partial charge in [-0.15, -0.1) is 0 Å². The second kappa shape index (κ2) is 7.68. The number of piperidine rings is 1. The standard InChI is InChI=1S/C18H26N2O3/c1-14-5-9-20(10-6-14)8-2-7-19-18(21)15-3-4-16-17(13-15)23-12-11-22-16/h3-4,13-14H,2,5-12H2,1H3,(H,19,21). The summed E-state index contributed by atoms with van der Waals surface area (Å²) in [6.07, 6.45) is 3.58. The van der Waals surface area contributed by atoms with Crippen molar-refractivity contribution in [3.8, 4) is 11.5 Å². The first-order valence-corrected chi connectivity index (χ1v) is 8.62. The minimum Gasteiger partial charge on any atom is -0.486 e. The Balaban J connectivity index is 1.41. The largest absolute Gasteiger partial charge is 0.486 e. The van der Waals surface area contributed by atoms with E-state index < -0.39 is 0 Å². The van der Waals surface area contributed by atoms with Crippen molar-refractivity contribution in [2.75, 3.05) is 39.4 Å². The summed E-state index contributed by atoms with van der Waals surface area (Å²) in [4.78, 5) is 14.7. The van der Waals surface area contributed by atoms with Gasteiger partial charge in [0.15, 0.2) is 11.5 Å². The summed E-state index contributed by atoms with van der Waals surface area (Å²) >= 11 is 0. The lowest BCUT2D eigenvalue weighted by molar-refractivity contribution is 0.0949. The summed E-state index contributed by atoms with van der Waals surface area (Å²) in [6, 6.07) is 5.35. The van der Waals surface area contributed by atoms with Crippen LogP contribution in [0.25, 0.3) is 0 Å². The van der Waals surface area contributed by atoms with E-state index in [4.69, 9.17) is 9.47 Å². The van der Waals surface area contributed by atoms with Crippen molar-refractivity contribution in [2.24, 2.45) is 5.92 Å². The summed E-state index contributed by atoms with van der Waals surface area (Å²) in [5, 5.41) is 2.99. The molecule has 3 rings (SSSR count). The van der Waals surface area contributed by atoms with Gasteiger partial charge in [0.2, 0.25) is 0 Å². The average molecular weight is 318 g/mol. The van der Waals surface area contributed by atoms with E-state index in [1.807, 2.05) is 0 Å². The fourth-order valence-electron chi connectivity index (χ4n) is 3.08. The van der Waals surface area contributed by atoms with Gasteiger partial charge >= 0.3 is 0 Å². The average Bonchev–Trinajstić information content (AvgIpc) is 2.59. The van der Waals surface area contributed by atoms with Crippen molar-refractivity contribution in [3.05, 3.63) is 23.8 Å². The molecule has 0 aromatic heterocycles. The predicted octanol–water partition coefficient (Wildman–Crippen LogP) is 2.31. The minimum absolute atomic E-state index is 0.0470. The SMILES string of the molecule is CC1CCN(CCCNC(=O)c2ccc3c(c2)OCCO3)CC1. The fraction of sp³-hybridized carbons (Fsp3) is 0.611. The van der Waals surface area contributed by atoms with E-state index in [9.17, 15) is 4.79 Å². The zero-order valence-corrected chi connectivity index (χ0v) is 13.8. The Labute approximate surface area is 137 Å². The molecule has 1 aromatic rings. The van der Waals surface area contributed by atoms with Crippen LogP contribution in [0.15, 0.2) is 18.2 Å². The highest BCUT2D eigenvalue weighted by molar-refractivity contribution is 5.94. The monoisotopic (exact) mass is 318 g/mol. The van der Waals surface area contributed by atoms with Gasteiger partial charge in [-0.1, -0.05) is 6.92 Å². The Morgan fingerprint density at radius 3 is 2.74 bits per heavy atom. The Morgan fingerprint density at radius 1 is 1.22 bits per heavy atom. The molecule has 2 heterocycles. The number of rotatable bonds is 5. The smallest absolute Gasteiger partial charge is 0.251 e. The highest BCUT2D eigenvalue weighted by Crippen LogP contribution is 2.30. The number of benzene rings is 1. The van der Waals surface area contributed by atoms with Crippen LogP contribution >= 0.6 is 0 Å². The van der Waals surface area contributed by atoms with Crippen LogP contribution in [-0.2, 0) is 0 Å². The van der Waals surface area contributed by atoms with Crippen LogP contribution in [0.3, 0.4) is 0 Å². The number of carbonyl (C=O) groups is 1. The summed E-state index contributed by atoms with van der Waals surface area (Å²) in [7, 11) is 0. The van der Waals surface area contributed by atoms with Crippen molar-refractivity contribution < 1.29 is 14.3 Å². The Hall–Kier alpha value is -1.75. The van der Waals surface area contributed by atoms with Gasteiger partial charge in [-0.25, -0.2) is 0 Å². The van der Waals surface area contributed by atoms with Gasteiger partial charge in [-0.2, -0.15) is 0 Å². The first kappa shape index (κ1) is 16.1. The van der Waals surface area contributed by atoms with Gasteiger partial charge in [-0.05, 0) is 63.0 Å². The van der Waals surface area contributed by atoms with Crippen LogP contribution in [0.2, 0.25) is 0 Å². The second-order valence-corrected chi connectivity index (χ2v) is 6.49. The molecule has 1 aromatic carbocycles. The molecule has 126 valence electrons. The highest BCUT2D eigenvalue weighted by atomic mass is 16.6. The predicted molar refractivity (Wildman–Crippen MR) is 89.2 cm³/mol. The van der Waals surface area contributed by atoms with Gasteiger partial charge in [-0.3, -0.25) is 4.79 Å². The molecule has 0 saturated carbocycles. The van der Waals surface area contributed by atoms with Gasteiger partial charge in [0.25, 0.3) is 5.91 Å². The van der Waals surface area contributed by atoms with E-state index in [0.717, 1.165) is 18.9 Å². The molecule has 0 aliphatic carbocycles. The number of amides is 1. The zero-order chi connectivity index (χ0) is 16.1. The van der Waals surface area contributed by atoms with E-state index in [1.54, 1.807) is 18.2 Å². The number of ether oxygens (including phenoxy) is 2. The molecule has 0 spiro atoms. The number of fused-ring (bicyclic) bond motifs is 1. The summed E-state index contributed by atoms with van der Waals surface area (Å²) in [5.41, 5.74) is 0.626. The third-order valence-electron chi connectivity index (χ3n) is 4.62. The Kier molecular flexibility index (Phi) is 5.39. The first-order valence-electron chi connectivity index (χ1n) is 8.62. The van der Waals surface area contributed by atoms with Crippen LogP contribution in [-0.4, -0.2) is 50.2 Å². The minimum atomic E-state index is -0.0470. The molecule has 0 radical (unpaired) electrons. The van der Waals surface area contributed by atoms with Gasteiger partial charge in [0.05, 0.1) is 0 Å². The Bertz CT molecular complexity index is 539. The molecule has 1 N–H and O–H groups in total. The maximum atomic E-state index is 12.2. The molecule has 0 unspecified atom stereocenters. The van der Waals surface area contributed by atoms with Crippen LogP contribution < -0.4 is 14.8 Å². The van der Waals surface area contributed by atoms with Crippen LogP contribution in [0.1, 0.15) is 36.5 Å². The van der Waals surface area contributed by atoms with Crippen LogP contribution in [0.4, 0.5) is 0 Å². The van der Waals surface area contributed by atoms with Crippen molar-refractivity contribution in [1.82, 2.24) is 10.2 Å². The Morgan fingerprint density at radius 2 is 1.96 bits per heavy atom. The van der Waals surface area contributed by atoms with Crippen molar-refractivity contribution in [1.29, 1.82) is 0 Å². The molecule has 1 fully saturated rings. The molecule has 5 heteroatoms. The molecule has 0 bridgehead atoms. The van der Waals surface area contributed by atoms with Gasteiger partial charge in [0, 0.05) is 12.1 Å². The number of nitrogens with zero attached hydrogens (tertiary/aromatic N) is 1. The van der Waals surface area contributed by atoms with Crippen molar-refractivity contribution in [3.63, 3.8) is 0 Å². The van der Waals surface area contributed by atoms with Gasteiger partial charge < -0.3 is 19.7 Å². The normalized spacial score (nSPS) is 18.7. The first-order chi connectivity index (χ1) is 11.2. The van der Waals surface area contributed by atoms with E-state index in [0.29, 0.717) is 36.8 Å². The van der Waals surface area contributed by atoms with Gasteiger partial charge in [0.1, 0.15) is 13.2 Å². The van der Waals surface area contributed by atoms with E-state index in [2.05, 4.69) is 17.1 Å². The van der Waals surface area contributed by atoms with Crippen LogP contribution in [0.5, 0.6) is 11.5 Å². The molecule has 2 aliphatic rings. The lowest BCUT2D eigenvalue weighted by Gasteiger charge is -2.30. The second-order valence-electron chi connectivity index (χ2n) is 6.49. The van der Waals surface area contributed by atoms with E-state index >= 15 is 0 Å². The van der Waals surface area contributed by atoms with E-state index in [1.165, 1.54) is 25.9 Å². The molecule has 2 aliphatic heterocycles. The molecular weight excluding hydrogens is 292 g/mol. The number of carbonyl (C=O) groups excluding carboxylic acids is 1. The number of nitrogens with one attached hydrogen (secondary N) is 1. The lowest BCUT2D eigenvalue weighted by Crippen LogP contribution is -2.35. The molecule has 5 nitrogen and oxygen atoms in total. The summed E-state index contributed by atoms with van der Waals surface area (Å²) in [5.74, 6) is 2.19. The number of likely N-dealkylation sites (tertiary alicyclic amines) is 1. The number of hydrogen-bond acceptors (Lipinski definition) is 4. The summed E-state index contributed by atoms with van der Waals surface area (Å²) < 4.78 is 11.0. The van der Waals surface area contributed by atoms with E-state index in [-0.39, 0.29) is 5.91 Å².